The number of nitrogens with zero attached hydrogens (tertiary/aromatic N) is 3. The van der Waals surface area contributed by atoms with Crippen molar-refractivity contribution in [3.8, 4) is 17.0 Å². The molecule has 0 aliphatic carbocycles. The van der Waals surface area contributed by atoms with Crippen molar-refractivity contribution in [1.29, 1.82) is 0 Å². The Morgan fingerprint density at radius 3 is 2.70 bits per heavy atom. The number of pyridine rings is 1. The molecule has 0 unspecified atom stereocenters. The molecule has 2 aromatic heterocycles. The van der Waals surface area contributed by atoms with Gasteiger partial charge in [-0.1, -0.05) is 12.1 Å². The third-order valence-corrected chi connectivity index (χ3v) is 3.12. The number of anilines is 1. The third-order valence-electron chi connectivity index (χ3n) is 3.12. The summed E-state index contributed by atoms with van der Waals surface area (Å²) in [5, 5.41) is 9.31. The van der Waals surface area contributed by atoms with Gasteiger partial charge in [-0.3, -0.25) is 0 Å². The number of benzene rings is 1. The van der Waals surface area contributed by atoms with Crippen LogP contribution in [0.3, 0.4) is 0 Å². The van der Waals surface area contributed by atoms with Crippen LogP contribution in [0.25, 0.3) is 11.3 Å². The minimum Gasteiger partial charge on any atom is -0.508 e. The Labute approximate surface area is 116 Å². The van der Waals surface area contributed by atoms with E-state index in [0.29, 0.717) is 12.4 Å². The highest BCUT2D eigenvalue weighted by atomic mass is 16.3. The van der Waals surface area contributed by atoms with Gasteiger partial charge in [0.2, 0.25) is 0 Å². The van der Waals surface area contributed by atoms with Crippen LogP contribution in [-0.4, -0.2) is 19.6 Å². The maximum absolute atomic E-state index is 9.31. The fourth-order valence-corrected chi connectivity index (χ4v) is 2.10. The fraction of sp³-hybridized carbons (Fsp3) is 0.0667. The Morgan fingerprint density at radius 2 is 1.95 bits per heavy atom. The maximum Gasteiger partial charge on any atom is 0.132 e. The molecule has 3 N–H and O–H groups in total. The molecular weight excluding hydrogens is 252 g/mol. The molecule has 0 fully saturated rings. The molecule has 3 aromatic rings. The molecule has 0 saturated carbocycles. The molecule has 3 rings (SSSR count). The minimum absolute atomic E-state index is 0.260. The van der Waals surface area contributed by atoms with Gasteiger partial charge in [0.05, 0.1) is 18.2 Å². The average molecular weight is 266 g/mol. The van der Waals surface area contributed by atoms with Crippen LogP contribution >= 0.6 is 0 Å². The molecule has 100 valence electrons. The summed E-state index contributed by atoms with van der Waals surface area (Å²) in [5.74, 6) is 0.746. The Bertz CT molecular complexity index is 719. The van der Waals surface area contributed by atoms with Crippen molar-refractivity contribution in [2.45, 2.75) is 6.54 Å². The predicted octanol–water partition coefficient (Wildman–Crippen LogP) is 2.28. The van der Waals surface area contributed by atoms with Crippen LogP contribution in [0.4, 0.5) is 5.82 Å². The number of hydrogen-bond donors (Lipinski definition) is 2. The highest BCUT2D eigenvalue weighted by molar-refractivity contribution is 5.70. The number of aromatic nitrogens is 3. The van der Waals surface area contributed by atoms with Crippen molar-refractivity contribution >= 4 is 5.82 Å². The lowest BCUT2D eigenvalue weighted by atomic mass is 10.1. The van der Waals surface area contributed by atoms with Crippen LogP contribution in [0.1, 0.15) is 5.56 Å². The first-order valence-corrected chi connectivity index (χ1v) is 6.23. The number of nitrogens with two attached hydrogens (primary N) is 1. The van der Waals surface area contributed by atoms with E-state index in [9.17, 15) is 5.11 Å². The van der Waals surface area contributed by atoms with Gasteiger partial charge in [-0.05, 0) is 29.8 Å². The van der Waals surface area contributed by atoms with Crippen LogP contribution in [-0.2, 0) is 6.54 Å². The number of rotatable bonds is 3. The van der Waals surface area contributed by atoms with Crippen LogP contribution in [0, 0.1) is 0 Å². The van der Waals surface area contributed by atoms with E-state index in [-0.39, 0.29) is 5.75 Å². The zero-order valence-electron chi connectivity index (χ0n) is 10.8. The monoisotopic (exact) mass is 266 g/mol. The number of phenols is 1. The normalized spacial score (nSPS) is 10.6. The summed E-state index contributed by atoms with van der Waals surface area (Å²) in [4.78, 5) is 8.28. The van der Waals surface area contributed by atoms with Crippen LogP contribution < -0.4 is 5.73 Å². The minimum atomic E-state index is 0.260. The summed E-state index contributed by atoms with van der Waals surface area (Å²) >= 11 is 0. The molecule has 0 saturated heterocycles. The molecule has 5 heteroatoms. The van der Waals surface area contributed by atoms with Crippen LogP contribution in [0.15, 0.2) is 55.1 Å². The molecule has 0 aliphatic rings. The molecule has 0 radical (unpaired) electrons. The topological polar surface area (TPSA) is 77.0 Å². The SMILES string of the molecule is Nc1ncccc1-c1cncn1Cc1ccc(O)cc1. The zero-order chi connectivity index (χ0) is 13.9. The van der Waals surface area contributed by atoms with E-state index in [2.05, 4.69) is 9.97 Å². The molecule has 0 amide bonds. The van der Waals surface area contributed by atoms with Crippen LogP contribution in [0.2, 0.25) is 0 Å². The van der Waals surface area contributed by atoms with E-state index in [4.69, 9.17) is 5.73 Å². The molecule has 2 heterocycles. The van der Waals surface area contributed by atoms with Gasteiger partial charge >= 0.3 is 0 Å². The van der Waals surface area contributed by atoms with E-state index in [1.54, 1.807) is 30.9 Å². The van der Waals surface area contributed by atoms with E-state index >= 15 is 0 Å². The molecule has 1 aromatic carbocycles. The second-order valence-corrected chi connectivity index (χ2v) is 4.51. The summed E-state index contributed by atoms with van der Waals surface area (Å²) in [7, 11) is 0. The number of phenolic OH excluding ortho intramolecular Hbond substituents is 1. The summed E-state index contributed by atoms with van der Waals surface area (Å²) in [6.07, 6.45) is 5.20. The lowest BCUT2D eigenvalue weighted by Crippen LogP contribution is -2.02. The van der Waals surface area contributed by atoms with E-state index in [0.717, 1.165) is 16.8 Å². The van der Waals surface area contributed by atoms with Crippen molar-refractivity contribution in [2.75, 3.05) is 5.73 Å². The standard InChI is InChI=1S/C15H14N4O/c16-15-13(2-1-7-18-15)14-8-17-10-19(14)9-11-3-5-12(20)6-4-11/h1-8,10,20H,9H2,(H2,16,18). The van der Waals surface area contributed by atoms with Crippen molar-refractivity contribution in [3.05, 3.63) is 60.7 Å². The lowest BCUT2D eigenvalue weighted by molar-refractivity contribution is 0.475. The molecule has 0 atom stereocenters. The number of nitrogen functional groups attached to an aromatic ring is 1. The van der Waals surface area contributed by atoms with Gasteiger partial charge in [-0.25, -0.2) is 9.97 Å². The summed E-state index contributed by atoms with van der Waals surface area (Å²) in [6.45, 7) is 0.657. The number of aromatic hydroxyl groups is 1. The van der Waals surface area contributed by atoms with Gasteiger partial charge in [0, 0.05) is 18.3 Å². The predicted molar refractivity (Wildman–Crippen MR) is 77.1 cm³/mol. The van der Waals surface area contributed by atoms with Crippen LogP contribution in [0.5, 0.6) is 5.75 Å². The van der Waals surface area contributed by atoms with E-state index in [1.165, 1.54) is 0 Å². The molecular formula is C15H14N4O. The summed E-state index contributed by atoms with van der Waals surface area (Å²) in [6, 6.07) is 10.9. The highest BCUT2D eigenvalue weighted by Gasteiger charge is 2.09. The second-order valence-electron chi connectivity index (χ2n) is 4.51. The summed E-state index contributed by atoms with van der Waals surface area (Å²) < 4.78 is 2.00. The first-order chi connectivity index (χ1) is 9.74. The molecule has 20 heavy (non-hydrogen) atoms. The van der Waals surface area contributed by atoms with E-state index in [1.807, 2.05) is 28.8 Å². The molecule has 5 nitrogen and oxygen atoms in total. The number of hydrogen-bond acceptors (Lipinski definition) is 4. The molecule has 0 bridgehead atoms. The second kappa shape index (κ2) is 5.05. The van der Waals surface area contributed by atoms with Gasteiger partial charge in [0.15, 0.2) is 0 Å². The first kappa shape index (κ1) is 12.2. The van der Waals surface area contributed by atoms with Gasteiger partial charge < -0.3 is 15.4 Å². The Kier molecular flexibility index (Phi) is 3.09. The molecule has 0 spiro atoms. The van der Waals surface area contributed by atoms with Gasteiger partial charge in [-0.2, -0.15) is 0 Å². The van der Waals surface area contributed by atoms with Gasteiger partial charge in [-0.15, -0.1) is 0 Å². The summed E-state index contributed by atoms with van der Waals surface area (Å²) in [5.41, 5.74) is 8.77. The lowest BCUT2D eigenvalue weighted by Gasteiger charge is -2.09. The van der Waals surface area contributed by atoms with Crippen molar-refractivity contribution < 1.29 is 5.11 Å². The zero-order valence-corrected chi connectivity index (χ0v) is 10.8. The highest BCUT2D eigenvalue weighted by Crippen LogP contribution is 2.24. The quantitative estimate of drug-likeness (QED) is 0.762. The van der Waals surface area contributed by atoms with Crippen molar-refractivity contribution in [2.24, 2.45) is 0 Å². The first-order valence-electron chi connectivity index (χ1n) is 6.23. The average Bonchev–Trinajstić information content (AvgIpc) is 2.90. The third kappa shape index (κ3) is 2.33. The Morgan fingerprint density at radius 1 is 1.15 bits per heavy atom. The Hall–Kier alpha value is -2.82. The van der Waals surface area contributed by atoms with E-state index < -0.39 is 0 Å². The maximum atomic E-state index is 9.31. The number of imidazole rings is 1. The van der Waals surface area contributed by atoms with Crippen molar-refractivity contribution in [1.82, 2.24) is 14.5 Å². The van der Waals surface area contributed by atoms with Gasteiger partial charge in [0.1, 0.15) is 11.6 Å². The van der Waals surface area contributed by atoms with Crippen molar-refractivity contribution in [3.63, 3.8) is 0 Å². The Balaban J connectivity index is 1.95. The molecule has 0 aliphatic heterocycles. The largest absolute Gasteiger partial charge is 0.508 e. The fourth-order valence-electron chi connectivity index (χ4n) is 2.10. The van der Waals surface area contributed by atoms with Gasteiger partial charge in [0.25, 0.3) is 0 Å². The smallest absolute Gasteiger partial charge is 0.132 e.